The Hall–Kier alpha value is -0.610. The van der Waals surface area contributed by atoms with E-state index < -0.39 is 12.0 Å². The molecule has 0 aromatic carbocycles. The number of carboxylic acids is 1. The van der Waals surface area contributed by atoms with Crippen molar-refractivity contribution in [2.75, 3.05) is 0 Å². The lowest BCUT2D eigenvalue weighted by Crippen LogP contribution is -2.36. The van der Waals surface area contributed by atoms with Crippen LogP contribution in [0.15, 0.2) is 0 Å². The van der Waals surface area contributed by atoms with Crippen molar-refractivity contribution >= 4 is 5.97 Å². The van der Waals surface area contributed by atoms with E-state index in [0.717, 1.165) is 6.42 Å². The molecular weight excluding hydrogens is 134 g/mol. The van der Waals surface area contributed by atoms with Crippen LogP contribution in [-0.4, -0.2) is 22.6 Å². The second-order valence-corrected chi connectivity index (χ2v) is 2.25. The zero-order valence-electron chi connectivity index (χ0n) is 6.29. The van der Waals surface area contributed by atoms with Crippen molar-refractivity contribution in [3.05, 3.63) is 0 Å². The largest absolute Gasteiger partial charge is 0.480 e. The van der Waals surface area contributed by atoms with Crippen molar-refractivity contribution in [3.63, 3.8) is 0 Å². The van der Waals surface area contributed by atoms with Crippen molar-refractivity contribution in [1.29, 1.82) is 0 Å². The van der Waals surface area contributed by atoms with Crippen LogP contribution in [-0.2, 0) is 4.79 Å². The van der Waals surface area contributed by atoms with Gasteiger partial charge in [-0.05, 0) is 5.92 Å². The molecule has 4 heteroatoms. The maximum atomic E-state index is 10.2. The summed E-state index contributed by atoms with van der Waals surface area (Å²) in [5, 5.41) is 8.36. The molecule has 0 radical (unpaired) electrons. The molecule has 4 nitrogen and oxygen atoms in total. The van der Waals surface area contributed by atoms with Gasteiger partial charge in [-0.25, -0.2) is 0 Å². The molecule has 10 heavy (non-hydrogen) atoms. The average molecular weight is 149 g/mol. The Kier molecular flexibility index (Phi) is 6.29. The Morgan fingerprint density at radius 2 is 2.10 bits per heavy atom. The molecule has 0 spiro atoms. The molecule has 0 aliphatic carbocycles. The molecule has 2 atom stereocenters. The van der Waals surface area contributed by atoms with Crippen molar-refractivity contribution in [1.82, 2.24) is 0 Å². The van der Waals surface area contributed by atoms with Gasteiger partial charge in [0.05, 0.1) is 0 Å². The first-order valence-corrected chi connectivity index (χ1v) is 3.08. The molecule has 0 aromatic rings. The van der Waals surface area contributed by atoms with Crippen LogP contribution >= 0.6 is 0 Å². The number of hydrogen-bond acceptors (Lipinski definition) is 2. The average Bonchev–Trinajstić information content (AvgIpc) is 1.84. The van der Waals surface area contributed by atoms with Gasteiger partial charge in [0.2, 0.25) is 0 Å². The van der Waals surface area contributed by atoms with E-state index in [2.05, 4.69) is 0 Å². The van der Waals surface area contributed by atoms with Gasteiger partial charge >= 0.3 is 5.97 Å². The summed E-state index contributed by atoms with van der Waals surface area (Å²) in [7, 11) is 0. The molecule has 0 aliphatic rings. The molecule has 0 fully saturated rings. The topological polar surface area (TPSA) is 94.8 Å². The van der Waals surface area contributed by atoms with E-state index in [1.54, 1.807) is 0 Å². The number of aliphatic carboxylic acids is 1. The normalized spacial score (nSPS) is 15.1. The molecule has 0 saturated heterocycles. The predicted molar refractivity (Wildman–Crippen MR) is 38.7 cm³/mol. The molecule has 0 saturated carbocycles. The van der Waals surface area contributed by atoms with Crippen molar-refractivity contribution < 1.29 is 15.4 Å². The highest BCUT2D eigenvalue weighted by Gasteiger charge is 2.17. The van der Waals surface area contributed by atoms with Gasteiger partial charge in [-0.2, -0.15) is 0 Å². The van der Waals surface area contributed by atoms with Gasteiger partial charge in [0.15, 0.2) is 0 Å². The summed E-state index contributed by atoms with van der Waals surface area (Å²) in [6.45, 7) is 3.76. The van der Waals surface area contributed by atoms with Crippen LogP contribution in [0.4, 0.5) is 0 Å². The predicted octanol–water partition coefficient (Wildman–Crippen LogP) is -0.380. The van der Waals surface area contributed by atoms with Gasteiger partial charge in [0.25, 0.3) is 0 Å². The van der Waals surface area contributed by atoms with E-state index in [9.17, 15) is 4.79 Å². The molecule has 0 amide bonds. The molecule has 0 aliphatic heterocycles. The van der Waals surface area contributed by atoms with Crippen LogP contribution in [0.3, 0.4) is 0 Å². The fourth-order valence-corrected chi connectivity index (χ4v) is 0.497. The molecule has 5 N–H and O–H groups in total. The van der Waals surface area contributed by atoms with E-state index in [1.165, 1.54) is 0 Å². The van der Waals surface area contributed by atoms with E-state index in [0.29, 0.717) is 0 Å². The fraction of sp³-hybridized carbons (Fsp3) is 0.833. The summed E-state index contributed by atoms with van der Waals surface area (Å²) in [6.07, 6.45) is 0.813. The van der Waals surface area contributed by atoms with Gasteiger partial charge < -0.3 is 16.3 Å². The maximum Gasteiger partial charge on any atom is 0.320 e. The van der Waals surface area contributed by atoms with Crippen LogP contribution in [0.25, 0.3) is 0 Å². The standard InChI is InChI=1S/C6H13NO2.H2O/c1-3-4(2)5(7)6(8)9;/h4-5H,3,7H2,1-2H3,(H,8,9);1H2/t4?,5-;/m0./s1. The second-order valence-electron chi connectivity index (χ2n) is 2.25. The van der Waals surface area contributed by atoms with Gasteiger partial charge in [-0.15, -0.1) is 0 Å². The van der Waals surface area contributed by atoms with Crippen molar-refractivity contribution in [2.24, 2.45) is 11.7 Å². The van der Waals surface area contributed by atoms with E-state index in [1.807, 2.05) is 13.8 Å². The van der Waals surface area contributed by atoms with Gasteiger partial charge in [-0.1, -0.05) is 20.3 Å². The van der Waals surface area contributed by atoms with Gasteiger partial charge in [0.1, 0.15) is 6.04 Å². The Bertz CT molecular complexity index is 105. The van der Waals surface area contributed by atoms with Gasteiger partial charge in [0, 0.05) is 0 Å². The number of carbonyl (C=O) groups is 1. The number of carboxylic acid groups (broad SMARTS) is 1. The lowest BCUT2D eigenvalue weighted by Gasteiger charge is -2.11. The van der Waals surface area contributed by atoms with Crippen LogP contribution in [0, 0.1) is 5.92 Å². The second kappa shape index (κ2) is 5.20. The highest BCUT2D eigenvalue weighted by atomic mass is 16.4. The summed E-state index contributed by atoms with van der Waals surface area (Å²) in [5.41, 5.74) is 5.27. The van der Waals surface area contributed by atoms with Crippen LogP contribution in [0.2, 0.25) is 0 Å². The summed E-state index contributed by atoms with van der Waals surface area (Å²) < 4.78 is 0. The number of nitrogens with two attached hydrogens (primary N) is 1. The summed E-state index contributed by atoms with van der Waals surface area (Å²) in [5.74, 6) is -0.841. The summed E-state index contributed by atoms with van der Waals surface area (Å²) in [6, 6.07) is -0.699. The molecule has 0 rings (SSSR count). The minimum Gasteiger partial charge on any atom is -0.480 e. The van der Waals surface area contributed by atoms with E-state index in [-0.39, 0.29) is 11.4 Å². The smallest absolute Gasteiger partial charge is 0.320 e. The highest BCUT2D eigenvalue weighted by molar-refractivity contribution is 5.73. The van der Waals surface area contributed by atoms with E-state index >= 15 is 0 Å². The monoisotopic (exact) mass is 149 g/mol. The molecule has 0 aromatic heterocycles. The summed E-state index contributed by atoms with van der Waals surface area (Å²) in [4.78, 5) is 10.2. The molecule has 0 bridgehead atoms. The Morgan fingerprint density at radius 1 is 1.70 bits per heavy atom. The van der Waals surface area contributed by atoms with Crippen LogP contribution in [0.5, 0.6) is 0 Å². The molecular formula is C6H15NO3. The minimum absolute atomic E-state index is 0. The number of hydrogen-bond donors (Lipinski definition) is 2. The number of rotatable bonds is 3. The lowest BCUT2D eigenvalue weighted by molar-refractivity contribution is -0.139. The van der Waals surface area contributed by atoms with Gasteiger partial charge in [-0.3, -0.25) is 4.79 Å². The molecule has 62 valence electrons. The zero-order chi connectivity index (χ0) is 7.44. The zero-order valence-corrected chi connectivity index (χ0v) is 6.29. The van der Waals surface area contributed by atoms with Crippen molar-refractivity contribution in [2.45, 2.75) is 26.3 Å². The Morgan fingerprint density at radius 3 is 2.20 bits per heavy atom. The van der Waals surface area contributed by atoms with Crippen molar-refractivity contribution in [3.8, 4) is 0 Å². The quantitative estimate of drug-likeness (QED) is 0.572. The first-order chi connectivity index (χ1) is 4.09. The summed E-state index contributed by atoms with van der Waals surface area (Å²) >= 11 is 0. The van der Waals surface area contributed by atoms with E-state index in [4.69, 9.17) is 10.8 Å². The van der Waals surface area contributed by atoms with Crippen LogP contribution in [0.1, 0.15) is 20.3 Å². The molecule has 1 unspecified atom stereocenters. The SMILES string of the molecule is CCC(C)[C@H](N)C(=O)O.O. The third-order valence-corrected chi connectivity index (χ3v) is 1.54. The minimum atomic E-state index is -0.913. The molecule has 0 heterocycles. The first kappa shape index (κ1) is 12.1. The first-order valence-electron chi connectivity index (χ1n) is 3.08. The maximum absolute atomic E-state index is 10.2. The van der Waals surface area contributed by atoms with Crippen LogP contribution < -0.4 is 5.73 Å². The third kappa shape index (κ3) is 3.42. The highest BCUT2D eigenvalue weighted by Crippen LogP contribution is 2.04. The lowest BCUT2D eigenvalue weighted by atomic mass is 10.0. The third-order valence-electron chi connectivity index (χ3n) is 1.54. The Balaban J connectivity index is 0. The fourth-order valence-electron chi connectivity index (χ4n) is 0.497. The Labute approximate surface area is 60.3 Å².